The molecular weight excluding hydrogens is 517 g/mol. The van der Waals surface area contributed by atoms with Gasteiger partial charge in [-0.15, -0.1) is 0 Å². The van der Waals surface area contributed by atoms with Crippen molar-refractivity contribution in [2.24, 2.45) is 0 Å². The third kappa shape index (κ3) is 6.67. The smallest absolute Gasteiger partial charge is 0.264 e. The van der Waals surface area contributed by atoms with Crippen LogP contribution in [-0.4, -0.2) is 44.8 Å². The summed E-state index contributed by atoms with van der Waals surface area (Å²) in [6.45, 7) is 2.96. The summed E-state index contributed by atoms with van der Waals surface area (Å²) in [7, 11) is -2.75. The molecular formula is C27H29ClFN3O4S. The van der Waals surface area contributed by atoms with E-state index in [1.54, 1.807) is 31.2 Å². The molecule has 3 aromatic carbocycles. The SMILES string of the molecule is CC[C@@H](C(=O)NC)N(Cc1ccc(F)cc1)C(=O)CN(c1ccccc1Cl)S(=O)(=O)c1ccc(C)cc1. The Morgan fingerprint density at radius 3 is 2.19 bits per heavy atom. The number of sulfonamides is 1. The van der Waals surface area contributed by atoms with Crippen LogP contribution in [0.1, 0.15) is 24.5 Å². The molecule has 3 rings (SSSR count). The van der Waals surface area contributed by atoms with Crippen LogP contribution in [0.2, 0.25) is 5.02 Å². The predicted molar refractivity (Wildman–Crippen MR) is 142 cm³/mol. The third-order valence-corrected chi connectivity index (χ3v) is 8.00. The maximum Gasteiger partial charge on any atom is 0.264 e. The number of amides is 2. The van der Waals surface area contributed by atoms with Gasteiger partial charge in [-0.3, -0.25) is 13.9 Å². The fourth-order valence-corrected chi connectivity index (χ4v) is 5.60. The summed E-state index contributed by atoms with van der Waals surface area (Å²) in [5, 5.41) is 2.70. The molecule has 0 aliphatic rings. The van der Waals surface area contributed by atoms with E-state index in [-0.39, 0.29) is 28.6 Å². The van der Waals surface area contributed by atoms with E-state index in [0.29, 0.717) is 5.56 Å². The lowest BCUT2D eigenvalue weighted by atomic mass is 10.1. The van der Waals surface area contributed by atoms with Gasteiger partial charge in [0.25, 0.3) is 10.0 Å². The van der Waals surface area contributed by atoms with Gasteiger partial charge in [-0.25, -0.2) is 12.8 Å². The first-order chi connectivity index (χ1) is 17.6. The van der Waals surface area contributed by atoms with Crippen LogP contribution in [0.5, 0.6) is 0 Å². The highest BCUT2D eigenvalue weighted by Gasteiger charge is 2.34. The number of hydrogen-bond donors (Lipinski definition) is 1. The van der Waals surface area contributed by atoms with Gasteiger partial charge in [-0.2, -0.15) is 0 Å². The number of halogens is 2. The normalized spacial score (nSPS) is 12.0. The molecule has 37 heavy (non-hydrogen) atoms. The van der Waals surface area contributed by atoms with Gasteiger partial charge >= 0.3 is 0 Å². The van der Waals surface area contributed by atoms with Gasteiger partial charge in [-0.05, 0) is 55.3 Å². The van der Waals surface area contributed by atoms with Crippen LogP contribution in [0.15, 0.2) is 77.7 Å². The highest BCUT2D eigenvalue weighted by Crippen LogP contribution is 2.31. The van der Waals surface area contributed by atoms with Crippen LogP contribution in [-0.2, 0) is 26.2 Å². The van der Waals surface area contributed by atoms with Crippen molar-refractivity contribution in [2.45, 2.75) is 37.8 Å². The molecule has 196 valence electrons. The summed E-state index contributed by atoms with van der Waals surface area (Å²) in [4.78, 5) is 27.8. The maximum absolute atomic E-state index is 13.8. The molecule has 1 atom stereocenters. The van der Waals surface area contributed by atoms with E-state index >= 15 is 0 Å². The molecule has 1 N–H and O–H groups in total. The number of nitrogens with one attached hydrogen (secondary N) is 1. The maximum atomic E-state index is 13.8. The van der Waals surface area contributed by atoms with Crippen LogP contribution in [0.3, 0.4) is 0 Å². The summed E-state index contributed by atoms with van der Waals surface area (Å²) in [5.74, 6) is -1.45. The van der Waals surface area contributed by atoms with Crippen molar-refractivity contribution >= 4 is 39.1 Å². The molecule has 0 fully saturated rings. The third-order valence-electron chi connectivity index (χ3n) is 5.91. The fourth-order valence-electron chi connectivity index (χ4n) is 3.88. The Kier molecular flexibility index (Phi) is 9.29. The first-order valence-electron chi connectivity index (χ1n) is 11.7. The minimum atomic E-state index is -4.21. The number of carbonyl (C=O) groups is 2. The molecule has 0 radical (unpaired) electrons. The molecule has 7 nitrogen and oxygen atoms in total. The highest BCUT2D eigenvalue weighted by molar-refractivity contribution is 7.92. The molecule has 0 unspecified atom stereocenters. The quantitative estimate of drug-likeness (QED) is 0.405. The number of carbonyl (C=O) groups excluding carboxylic acids is 2. The number of rotatable bonds is 10. The Balaban J connectivity index is 2.06. The Morgan fingerprint density at radius 2 is 1.62 bits per heavy atom. The molecule has 0 saturated carbocycles. The molecule has 0 aliphatic heterocycles. The van der Waals surface area contributed by atoms with Crippen molar-refractivity contribution in [3.05, 3.63) is 94.8 Å². The molecule has 3 aromatic rings. The van der Waals surface area contributed by atoms with Gasteiger partial charge < -0.3 is 10.2 Å². The minimum absolute atomic E-state index is 0.00533. The van der Waals surface area contributed by atoms with E-state index in [0.717, 1.165) is 9.87 Å². The van der Waals surface area contributed by atoms with Gasteiger partial charge in [-0.1, -0.05) is 60.5 Å². The first kappa shape index (κ1) is 28.1. The van der Waals surface area contributed by atoms with Crippen molar-refractivity contribution in [3.8, 4) is 0 Å². The topological polar surface area (TPSA) is 86.8 Å². The average molecular weight is 546 g/mol. The second-order valence-electron chi connectivity index (χ2n) is 8.46. The van der Waals surface area contributed by atoms with Crippen molar-refractivity contribution < 1.29 is 22.4 Å². The standard InChI is InChI=1S/C27H29ClFN3O4S/c1-4-24(27(34)30-3)31(17-20-11-13-21(29)14-12-20)26(33)18-32(25-8-6-5-7-23(25)28)37(35,36)22-15-9-19(2)10-16-22/h5-16,24H,4,17-18H2,1-3H3,(H,30,34)/t24-/m0/s1. The zero-order valence-electron chi connectivity index (χ0n) is 20.8. The summed E-state index contributed by atoms with van der Waals surface area (Å²) < 4.78 is 41.9. The van der Waals surface area contributed by atoms with Crippen LogP contribution in [0.4, 0.5) is 10.1 Å². The first-order valence-corrected chi connectivity index (χ1v) is 13.5. The number of para-hydroxylation sites is 1. The number of aryl methyl sites for hydroxylation is 1. The molecule has 0 heterocycles. The average Bonchev–Trinajstić information content (AvgIpc) is 2.88. The molecule has 0 bridgehead atoms. The van der Waals surface area contributed by atoms with Crippen LogP contribution >= 0.6 is 11.6 Å². The Hall–Kier alpha value is -3.43. The van der Waals surface area contributed by atoms with Gasteiger partial charge in [0, 0.05) is 13.6 Å². The Labute approximate surface area is 221 Å². The molecule has 10 heteroatoms. The molecule has 0 saturated heterocycles. The highest BCUT2D eigenvalue weighted by atomic mass is 35.5. The summed E-state index contributed by atoms with van der Waals surface area (Å²) >= 11 is 6.38. The number of nitrogens with zero attached hydrogens (tertiary/aromatic N) is 2. The van der Waals surface area contributed by atoms with Crippen LogP contribution < -0.4 is 9.62 Å². The van der Waals surface area contributed by atoms with Gasteiger partial charge in [0.05, 0.1) is 15.6 Å². The second-order valence-corrected chi connectivity index (χ2v) is 10.7. The van der Waals surface area contributed by atoms with Gasteiger partial charge in [0.2, 0.25) is 11.8 Å². The Morgan fingerprint density at radius 1 is 1.00 bits per heavy atom. The minimum Gasteiger partial charge on any atom is -0.357 e. The Bertz CT molecular complexity index is 1350. The van der Waals surface area contributed by atoms with Crippen LogP contribution in [0, 0.1) is 12.7 Å². The van der Waals surface area contributed by atoms with Crippen molar-refractivity contribution in [1.29, 1.82) is 0 Å². The van der Waals surface area contributed by atoms with Gasteiger partial charge in [0.1, 0.15) is 18.4 Å². The van der Waals surface area contributed by atoms with E-state index in [1.165, 1.54) is 60.5 Å². The van der Waals surface area contributed by atoms with E-state index in [1.807, 2.05) is 6.92 Å². The molecule has 0 aliphatic carbocycles. The molecule has 0 spiro atoms. The zero-order valence-corrected chi connectivity index (χ0v) is 22.4. The van der Waals surface area contributed by atoms with Crippen molar-refractivity contribution in [1.82, 2.24) is 10.2 Å². The second kappa shape index (κ2) is 12.2. The molecule has 0 aromatic heterocycles. The van der Waals surface area contributed by atoms with Crippen molar-refractivity contribution in [3.63, 3.8) is 0 Å². The van der Waals surface area contributed by atoms with E-state index in [4.69, 9.17) is 11.6 Å². The largest absolute Gasteiger partial charge is 0.357 e. The lowest BCUT2D eigenvalue weighted by Gasteiger charge is -2.33. The lowest BCUT2D eigenvalue weighted by molar-refractivity contribution is -0.140. The van der Waals surface area contributed by atoms with E-state index < -0.39 is 40.2 Å². The predicted octanol–water partition coefficient (Wildman–Crippen LogP) is 4.54. The number of anilines is 1. The lowest BCUT2D eigenvalue weighted by Crippen LogP contribution is -2.51. The monoisotopic (exact) mass is 545 g/mol. The summed E-state index contributed by atoms with van der Waals surface area (Å²) in [5.41, 5.74) is 1.59. The van der Waals surface area contributed by atoms with Crippen molar-refractivity contribution in [2.75, 3.05) is 17.9 Å². The zero-order chi connectivity index (χ0) is 27.2. The van der Waals surface area contributed by atoms with E-state index in [2.05, 4.69) is 5.32 Å². The van der Waals surface area contributed by atoms with E-state index in [9.17, 15) is 22.4 Å². The summed E-state index contributed by atoms with van der Waals surface area (Å²) in [6.07, 6.45) is 0.281. The fraction of sp³-hybridized carbons (Fsp3) is 0.259. The number of benzene rings is 3. The number of hydrogen-bond acceptors (Lipinski definition) is 4. The van der Waals surface area contributed by atoms with Crippen LogP contribution in [0.25, 0.3) is 0 Å². The van der Waals surface area contributed by atoms with Gasteiger partial charge in [0.15, 0.2) is 0 Å². The number of likely N-dealkylation sites (N-methyl/N-ethyl adjacent to an activating group) is 1. The summed E-state index contributed by atoms with van der Waals surface area (Å²) in [6, 6.07) is 17.3. The molecule has 2 amide bonds.